The first-order valence-corrected chi connectivity index (χ1v) is 12.3. The topological polar surface area (TPSA) is 156 Å². The molecular weight excluding hydrogens is 430 g/mol. The first-order valence-electron chi connectivity index (χ1n) is 9.27. The molecule has 11 heteroatoms. The molecule has 0 bridgehead atoms. The van der Waals surface area contributed by atoms with E-state index in [1.807, 2.05) is 6.92 Å². The zero-order valence-corrected chi connectivity index (χ0v) is 18.1. The molecule has 0 spiro atoms. The molecule has 2 rings (SSSR count). The summed E-state index contributed by atoms with van der Waals surface area (Å²) < 4.78 is 51.4. The second-order valence-electron chi connectivity index (χ2n) is 6.68. The quantitative estimate of drug-likeness (QED) is 0.379. The molecule has 164 valence electrons. The van der Waals surface area contributed by atoms with Crippen molar-refractivity contribution in [2.24, 2.45) is 5.14 Å². The van der Waals surface area contributed by atoms with Crippen LogP contribution in [0.2, 0.25) is 0 Å². The normalized spacial score (nSPS) is 11.8. The lowest BCUT2D eigenvalue weighted by molar-refractivity contribution is -0.136. The summed E-state index contributed by atoms with van der Waals surface area (Å²) in [6, 6.07) is 9.75. The number of hydrogen-bond acceptors (Lipinski definition) is 6. The van der Waals surface area contributed by atoms with Gasteiger partial charge in [-0.25, -0.2) is 22.0 Å². The number of carbonyl (C=O) groups is 1. The van der Waals surface area contributed by atoms with Crippen LogP contribution in [-0.4, -0.2) is 34.5 Å². The largest absolute Gasteiger partial charge is 0.481 e. The average Bonchev–Trinajstić information content (AvgIpc) is 2.67. The molecule has 0 aliphatic carbocycles. The third kappa shape index (κ3) is 6.71. The second-order valence-corrected chi connectivity index (χ2v) is 9.92. The van der Waals surface area contributed by atoms with E-state index in [1.54, 1.807) is 12.1 Å². The molecule has 0 aliphatic heterocycles. The number of nitrogens with one attached hydrogen (secondary N) is 2. The van der Waals surface area contributed by atoms with Crippen LogP contribution < -0.4 is 15.2 Å². The van der Waals surface area contributed by atoms with Crippen molar-refractivity contribution in [2.45, 2.75) is 42.4 Å². The van der Waals surface area contributed by atoms with Crippen molar-refractivity contribution in [3.8, 4) is 0 Å². The van der Waals surface area contributed by atoms with E-state index in [4.69, 9.17) is 10.2 Å². The van der Waals surface area contributed by atoms with Gasteiger partial charge in [-0.1, -0.05) is 25.5 Å². The van der Waals surface area contributed by atoms with Gasteiger partial charge in [0.25, 0.3) is 10.0 Å². The summed E-state index contributed by atoms with van der Waals surface area (Å²) in [5.41, 5.74) is 1.18. The van der Waals surface area contributed by atoms with Gasteiger partial charge in [0.15, 0.2) is 0 Å². The minimum atomic E-state index is -4.02. The van der Waals surface area contributed by atoms with E-state index in [0.717, 1.165) is 12.8 Å². The monoisotopic (exact) mass is 455 g/mol. The standard InChI is InChI=1S/C19H25N3O6S2/c1-2-3-12-21-17-10-9-16(29(20,25)26)13-18(17)22-30(27,28)15-7-4-14(5-8-15)6-11-19(23)24/h4-5,7-10,13,21-22H,2-3,6,11-12H2,1H3,(H,23,24)(H2,20,25,26). The molecule has 5 N–H and O–H groups in total. The average molecular weight is 456 g/mol. The molecule has 0 saturated heterocycles. The Kier molecular flexibility index (Phi) is 7.82. The number of hydrogen-bond donors (Lipinski definition) is 4. The van der Waals surface area contributed by atoms with E-state index >= 15 is 0 Å². The molecule has 0 unspecified atom stereocenters. The molecule has 0 saturated carbocycles. The summed E-state index contributed by atoms with van der Waals surface area (Å²) >= 11 is 0. The molecule has 0 aliphatic rings. The van der Waals surface area contributed by atoms with Crippen molar-refractivity contribution < 1.29 is 26.7 Å². The van der Waals surface area contributed by atoms with Crippen LogP contribution >= 0.6 is 0 Å². The Morgan fingerprint density at radius 3 is 2.20 bits per heavy atom. The fourth-order valence-electron chi connectivity index (χ4n) is 2.63. The number of primary sulfonamides is 1. The Labute approximate surface area is 176 Å². The number of anilines is 2. The maximum Gasteiger partial charge on any atom is 0.303 e. The van der Waals surface area contributed by atoms with Crippen LogP contribution in [0.15, 0.2) is 52.3 Å². The van der Waals surface area contributed by atoms with E-state index in [0.29, 0.717) is 17.8 Å². The molecule has 30 heavy (non-hydrogen) atoms. The minimum Gasteiger partial charge on any atom is -0.481 e. The second kappa shape index (κ2) is 9.92. The number of unbranched alkanes of at least 4 members (excludes halogenated alkanes) is 1. The number of carboxylic acid groups (broad SMARTS) is 1. The molecule has 9 nitrogen and oxygen atoms in total. The zero-order chi connectivity index (χ0) is 22.4. The van der Waals surface area contributed by atoms with E-state index in [1.165, 1.54) is 30.3 Å². The summed E-state index contributed by atoms with van der Waals surface area (Å²) in [6.45, 7) is 2.59. The van der Waals surface area contributed by atoms with Gasteiger partial charge in [0, 0.05) is 13.0 Å². The van der Waals surface area contributed by atoms with Crippen molar-refractivity contribution in [3.63, 3.8) is 0 Å². The molecule has 2 aromatic rings. The maximum absolute atomic E-state index is 12.8. The smallest absolute Gasteiger partial charge is 0.303 e. The third-order valence-corrected chi connectivity index (χ3v) is 6.56. The van der Waals surface area contributed by atoms with Crippen molar-refractivity contribution in [1.29, 1.82) is 0 Å². The van der Waals surface area contributed by atoms with E-state index in [9.17, 15) is 21.6 Å². The summed E-state index contributed by atoms with van der Waals surface area (Å²) in [5, 5.41) is 17.0. The molecule has 0 aromatic heterocycles. The zero-order valence-electron chi connectivity index (χ0n) is 16.5. The summed E-state index contributed by atoms with van der Waals surface area (Å²) in [7, 11) is -8.04. The van der Waals surface area contributed by atoms with Gasteiger partial charge in [-0.2, -0.15) is 0 Å². The van der Waals surface area contributed by atoms with Crippen LogP contribution in [-0.2, 0) is 31.3 Å². The number of nitrogens with two attached hydrogens (primary N) is 1. The highest BCUT2D eigenvalue weighted by Gasteiger charge is 2.19. The van der Waals surface area contributed by atoms with Gasteiger partial charge in [0.2, 0.25) is 10.0 Å². The van der Waals surface area contributed by atoms with Crippen molar-refractivity contribution in [3.05, 3.63) is 48.0 Å². The van der Waals surface area contributed by atoms with Crippen LogP contribution in [0.5, 0.6) is 0 Å². The highest BCUT2D eigenvalue weighted by Crippen LogP contribution is 2.28. The van der Waals surface area contributed by atoms with Crippen LogP contribution in [0.1, 0.15) is 31.7 Å². The van der Waals surface area contributed by atoms with Gasteiger partial charge >= 0.3 is 5.97 Å². The number of carboxylic acids is 1. The summed E-state index contributed by atoms with van der Waals surface area (Å²) in [5.74, 6) is -0.939. The van der Waals surface area contributed by atoms with Gasteiger partial charge in [0.05, 0.1) is 21.2 Å². The molecule has 0 fully saturated rings. The number of benzene rings is 2. The summed E-state index contributed by atoms with van der Waals surface area (Å²) in [6.07, 6.45) is 2.00. The highest BCUT2D eigenvalue weighted by molar-refractivity contribution is 7.92. The Balaban J connectivity index is 2.31. The number of aliphatic carboxylic acids is 1. The van der Waals surface area contributed by atoms with Crippen LogP contribution in [0.25, 0.3) is 0 Å². The summed E-state index contributed by atoms with van der Waals surface area (Å²) in [4.78, 5) is 10.4. The number of rotatable bonds is 11. The number of sulfonamides is 2. The van der Waals surface area contributed by atoms with E-state index < -0.39 is 26.0 Å². The molecular formula is C19H25N3O6S2. The van der Waals surface area contributed by atoms with E-state index in [2.05, 4.69) is 10.0 Å². The van der Waals surface area contributed by atoms with Gasteiger partial charge in [-0.3, -0.25) is 9.52 Å². The van der Waals surface area contributed by atoms with Crippen LogP contribution in [0.3, 0.4) is 0 Å². The molecule has 0 radical (unpaired) electrons. The molecule has 0 atom stereocenters. The lowest BCUT2D eigenvalue weighted by Crippen LogP contribution is -2.17. The molecule has 2 aromatic carbocycles. The van der Waals surface area contributed by atoms with Gasteiger partial charge in [-0.15, -0.1) is 0 Å². The van der Waals surface area contributed by atoms with Crippen LogP contribution in [0, 0.1) is 0 Å². The fourth-order valence-corrected chi connectivity index (χ4v) is 4.24. The maximum atomic E-state index is 12.8. The fraction of sp³-hybridized carbons (Fsp3) is 0.316. The Hall–Kier alpha value is -2.63. The van der Waals surface area contributed by atoms with Gasteiger partial charge in [0.1, 0.15) is 0 Å². The van der Waals surface area contributed by atoms with Gasteiger partial charge < -0.3 is 10.4 Å². The lowest BCUT2D eigenvalue weighted by atomic mass is 10.1. The van der Waals surface area contributed by atoms with Crippen LogP contribution in [0.4, 0.5) is 11.4 Å². The Morgan fingerprint density at radius 2 is 1.63 bits per heavy atom. The van der Waals surface area contributed by atoms with Crippen molar-refractivity contribution >= 4 is 37.4 Å². The molecule has 0 heterocycles. The minimum absolute atomic E-state index is 0.0397. The predicted octanol–water partition coefficient (Wildman–Crippen LogP) is 2.36. The Morgan fingerprint density at radius 1 is 1.00 bits per heavy atom. The van der Waals surface area contributed by atoms with Gasteiger partial charge in [-0.05, 0) is 48.7 Å². The first-order chi connectivity index (χ1) is 14.0. The lowest BCUT2D eigenvalue weighted by Gasteiger charge is -2.15. The third-order valence-electron chi connectivity index (χ3n) is 4.27. The van der Waals surface area contributed by atoms with Crippen molar-refractivity contribution in [1.82, 2.24) is 0 Å². The Bertz CT molecular complexity index is 1100. The number of aryl methyl sites for hydroxylation is 1. The highest BCUT2D eigenvalue weighted by atomic mass is 32.2. The first kappa shape index (κ1) is 23.6. The predicted molar refractivity (Wildman–Crippen MR) is 114 cm³/mol. The molecule has 0 amide bonds. The van der Waals surface area contributed by atoms with Crippen molar-refractivity contribution in [2.75, 3.05) is 16.6 Å². The van der Waals surface area contributed by atoms with E-state index in [-0.39, 0.29) is 28.3 Å². The SMILES string of the molecule is CCCCNc1ccc(S(N)(=O)=O)cc1NS(=O)(=O)c1ccc(CCC(=O)O)cc1.